The summed E-state index contributed by atoms with van der Waals surface area (Å²) in [6.45, 7) is 7.26. The number of nitrogens with two attached hydrogens (primary N) is 1. The molecule has 0 radical (unpaired) electrons. The number of oxazole rings is 1. The van der Waals surface area contributed by atoms with E-state index in [2.05, 4.69) is 9.97 Å². The number of methoxy groups -OCH3 is 1. The molecule has 0 aliphatic rings. The van der Waals surface area contributed by atoms with Crippen LogP contribution >= 0.6 is 0 Å². The topological polar surface area (TPSA) is 94.5 Å². The molecule has 0 saturated carbocycles. The minimum absolute atomic E-state index is 0.141. The number of alkyl halides is 2. The van der Waals surface area contributed by atoms with E-state index in [4.69, 9.17) is 14.9 Å². The van der Waals surface area contributed by atoms with Crippen LogP contribution in [-0.4, -0.2) is 41.0 Å². The molecule has 0 bridgehead atoms. The number of pyridine rings is 1. The molecule has 7 nitrogen and oxygen atoms in total. The second-order valence-corrected chi connectivity index (χ2v) is 7.29. The summed E-state index contributed by atoms with van der Waals surface area (Å²) in [4.78, 5) is 23.1. The van der Waals surface area contributed by atoms with E-state index in [-0.39, 0.29) is 34.5 Å². The summed E-state index contributed by atoms with van der Waals surface area (Å²) in [6.07, 6.45) is 0. The monoisotopic (exact) mass is 432 g/mol. The largest absolute Gasteiger partial charge is 0.494 e. The van der Waals surface area contributed by atoms with Gasteiger partial charge in [0.2, 0.25) is 5.89 Å². The molecule has 2 aromatic heterocycles. The average Bonchev–Trinajstić information content (AvgIpc) is 3.18. The number of benzene rings is 1. The summed E-state index contributed by atoms with van der Waals surface area (Å²) in [6, 6.07) is 5.50. The SMILES string of the molecule is CCN(CC)C(=O)c1nc(-c2ccc(OC)c3nc(C(C)(F)F)ccc23)oc1[C@H](C)N. The van der Waals surface area contributed by atoms with Crippen molar-refractivity contribution < 1.29 is 22.7 Å². The van der Waals surface area contributed by atoms with E-state index in [0.29, 0.717) is 29.8 Å². The van der Waals surface area contributed by atoms with Crippen LogP contribution in [-0.2, 0) is 5.92 Å². The Kier molecular flexibility index (Phi) is 6.26. The number of fused-ring (bicyclic) bond motifs is 1. The van der Waals surface area contributed by atoms with Crippen LogP contribution in [0.15, 0.2) is 28.7 Å². The van der Waals surface area contributed by atoms with Crippen LogP contribution in [0.5, 0.6) is 5.75 Å². The van der Waals surface area contributed by atoms with Gasteiger partial charge in [-0.25, -0.2) is 9.97 Å². The fourth-order valence-electron chi connectivity index (χ4n) is 3.36. The average molecular weight is 432 g/mol. The highest BCUT2D eigenvalue weighted by Gasteiger charge is 2.29. The Balaban J connectivity index is 2.22. The van der Waals surface area contributed by atoms with Crippen LogP contribution in [0.4, 0.5) is 8.78 Å². The molecular formula is C22H26F2N4O3. The molecule has 166 valence electrons. The van der Waals surface area contributed by atoms with Crippen LogP contribution in [0.1, 0.15) is 55.7 Å². The first-order valence-electron chi connectivity index (χ1n) is 10.0. The van der Waals surface area contributed by atoms with Crippen LogP contribution in [0.3, 0.4) is 0 Å². The number of carbonyl (C=O) groups is 1. The molecule has 1 amide bonds. The molecular weight excluding hydrogens is 406 g/mol. The third-order valence-electron chi connectivity index (χ3n) is 5.04. The number of nitrogens with zero attached hydrogens (tertiary/aromatic N) is 3. The highest BCUT2D eigenvalue weighted by atomic mass is 19.3. The number of hydrogen-bond donors (Lipinski definition) is 1. The van der Waals surface area contributed by atoms with Crippen LogP contribution in [0.25, 0.3) is 22.4 Å². The molecule has 2 heterocycles. The lowest BCUT2D eigenvalue weighted by molar-refractivity contribution is 0.0131. The van der Waals surface area contributed by atoms with Crippen molar-refractivity contribution in [1.29, 1.82) is 0 Å². The van der Waals surface area contributed by atoms with Gasteiger partial charge in [0.05, 0.1) is 13.2 Å². The Morgan fingerprint density at radius 3 is 2.45 bits per heavy atom. The van der Waals surface area contributed by atoms with Crippen molar-refractivity contribution in [2.24, 2.45) is 5.73 Å². The zero-order chi connectivity index (χ0) is 22.9. The summed E-state index contributed by atoms with van der Waals surface area (Å²) in [5.74, 6) is -2.63. The normalized spacial score (nSPS) is 12.8. The van der Waals surface area contributed by atoms with Crippen molar-refractivity contribution in [1.82, 2.24) is 14.9 Å². The zero-order valence-corrected chi connectivity index (χ0v) is 18.2. The predicted molar refractivity (Wildman–Crippen MR) is 113 cm³/mol. The number of ether oxygens (including phenoxy) is 1. The maximum Gasteiger partial charge on any atom is 0.286 e. The fraction of sp³-hybridized carbons (Fsp3) is 0.409. The molecule has 3 aromatic rings. The number of halogens is 2. The van der Waals surface area contributed by atoms with Crippen LogP contribution < -0.4 is 10.5 Å². The number of carbonyl (C=O) groups excluding carboxylic acids is 1. The molecule has 31 heavy (non-hydrogen) atoms. The van der Waals surface area contributed by atoms with E-state index in [9.17, 15) is 13.6 Å². The van der Waals surface area contributed by atoms with Crippen LogP contribution in [0, 0.1) is 0 Å². The van der Waals surface area contributed by atoms with Gasteiger partial charge in [-0.05, 0) is 45.0 Å². The molecule has 1 atom stereocenters. The summed E-state index contributed by atoms with van der Waals surface area (Å²) in [5, 5.41) is 0.506. The Labute approximate surface area is 179 Å². The van der Waals surface area contributed by atoms with Gasteiger partial charge in [-0.2, -0.15) is 8.78 Å². The van der Waals surface area contributed by atoms with Gasteiger partial charge >= 0.3 is 0 Å². The lowest BCUT2D eigenvalue weighted by Gasteiger charge is -2.17. The van der Waals surface area contributed by atoms with Crippen molar-refractivity contribution in [3.8, 4) is 17.2 Å². The first-order valence-corrected chi connectivity index (χ1v) is 10.0. The molecule has 0 aliphatic carbocycles. The summed E-state index contributed by atoms with van der Waals surface area (Å²) >= 11 is 0. The van der Waals surface area contributed by atoms with Gasteiger partial charge in [-0.1, -0.05) is 0 Å². The molecule has 2 N–H and O–H groups in total. The van der Waals surface area contributed by atoms with Gasteiger partial charge in [-0.15, -0.1) is 0 Å². The second-order valence-electron chi connectivity index (χ2n) is 7.29. The van der Waals surface area contributed by atoms with Crippen molar-refractivity contribution >= 4 is 16.8 Å². The summed E-state index contributed by atoms with van der Waals surface area (Å²) < 4.78 is 38.9. The molecule has 0 aliphatic heterocycles. The summed E-state index contributed by atoms with van der Waals surface area (Å²) in [5.41, 5.74) is 6.54. The molecule has 0 saturated heterocycles. The van der Waals surface area contributed by atoms with Gasteiger partial charge < -0.3 is 19.8 Å². The Morgan fingerprint density at radius 2 is 1.90 bits per heavy atom. The number of aromatic nitrogens is 2. The number of rotatable bonds is 7. The highest BCUT2D eigenvalue weighted by Crippen LogP contribution is 2.37. The molecule has 1 aromatic carbocycles. The van der Waals surface area contributed by atoms with E-state index < -0.39 is 12.0 Å². The minimum Gasteiger partial charge on any atom is -0.494 e. The van der Waals surface area contributed by atoms with E-state index in [1.54, 1.807) is 24.0 Å². The van der Waals surface area contributed by atoms with E-state index in [1.807, 2.05) is 13.8 Å². The van der Waals surface area contributed by atoms with Gasteiger partial charge in [0, 0.05) is 31.0 Å². The molecule has 0 fully saturated rings. The maximum atomic E-state index is 13.8. The molecule has 0 unspecified atom stereocenters. The lowest BCUT2D eigenvalue weighted by Crippen LogP contribution is -2.31. The Morgan fingerprint density at radius 1 is 1.23 bits per heavy atom. The van der Waals surface area contributed by atoms with E-state index in [1.165, 1.54) is 19.2 Å². The van der Waals surface area contributed by atoms with Crippen molar-refractivity contribution in [3.63, 3.8) is 0 Å². The third-order valence-corrected chi connectivity index (χ3v) is 5.04. The second kappa shape index (κ2) is 8.58. The number of amides is 1. The Hall–Kier alpha value is -3.07. The minimum atomic E-state index is -3.11. The van der Waals surface area contributed by atoms with Gasteiger partial charge in [-0.3, -0.25) is 4.79 Å². The molecule has 9 heteroatoms. The summed E-state index contributed by atoms with van der Waals surface area (Å²) in [7, 11) is 1.44. The fourth-order valence-corrected chi connectivity index (χ4v) is 3.36. The Bertz CT molecular complexity index is 1100. The smallest absolute Gasteiger partial charge is 0.286 e. The van der Waals surface area contributed by atoms with Gasteiger partial charge in [0.1, 0.15) is 17.0 Å². The molecule has 0 spiro atoms. The van der Waals surface area contributed by atoms with Gasteiger partial charge in [0.15, 0.2) is 11.5 Å². The first-order chi connectivity index (χ1) is 14.6. The lowest BCUT2D eigenvalue weighted by atomic mass is 10.1. The third kappa shape index (κ3) is 4.23. The van der Waals surface area contributed by atoms with E-state index in [0.717, 1.165) is 6.92 Å². The van der Waals surface area contributed by atoms with Crippen molar-refractivity contribution in [2.75, 3.05) is 20.2 Å². The highest BCUT2D eigenvalue weighted by molar-refractivity contribution is 5.98. The van der Waals surface area contributed by atoms with E-state index >= 15 is 0 Å². The number of hydrogen-bond acceptors (Lipinski definition) is 6. The van der Waals surface area contributed by atoms with Crippen LogP contribution in [0.2, 0.25) is 0 Å². The quantitative estimate of drug-likeness (QED) is 0.590. The maximum absolute atomic E-state index is 13.8. The van der Waals surface area contributed by atoms with Crippen molar-refractivity contribution in [3.05, 3.63) is 41.4 Å². The van der Waals surface area contributed by atoms with Gasteiger partial charge in [0.25, 0.3) is 11.8 Å². The predicted octanol–water partition coefficient (Wildman–Crippen LogP) is 4.51. The zero-order valence-electron chi connectivity index (χ0n) is 18.2. The molecule has 3 rings (SSSR count). The first kappa shape index (κ1) is 22.6. The standard InChI is InChI=1S/C22H26F2N4O3/c1-6-28(7-2)21(29)18-19(12(3)25)31-20(27-18)14-8-10-15(30-5)17-13(14)9-11-16(26-17)22(4,23)24/h8-12H,6-7,25H2,1-5H3/t12-/m0/s1. The van der Waals surface area contributed by atoms with Crippen molar-refractivity contribution in [2.45, 2.75) is 39.7 Å².